The third-order valence-electron chi connectivity index (χ3n) is 3.83. The van der Waals surface area contributed by atoms with E-state index in [2.05, 4.69) is 50.9 Å². The van der Waals surface area contributed by atoms with Gasteiger partial charge in [-0.15, -0.1) is 0 Å². The van der Waals surface area contributed by atoms with Crippen LogP contribution in [0.5, 0.6) is 0 Å². The molecule has 0 aliphatic carbocycles. The van der Waals surface area contributed by atoms with E-state index in [1.54, 1.807) is 7.11 Å². The minimum atomic E-state index is -0.480. The fraction of sp³-hybridized carbons (Fsp3) is 0.938. The average Bonchev–Trinajstić information content (AvgIpc) is 2.37. The first-order valence-corrected chi connectivity index (χ1v) is 7.73. The van der Waals surface area contributed by atoms with Crippen molar-refractivity contribution in [1.82, 2.24) is 10.2 Å². The maximum atomic E-state index is 9.48. The first-order chi connectivity index (χ1) is 9.29. The summed E-state index contributed by atoms with van der Waals surface area (Å²) in [6, 6.07) is 3.59. The molecule has 0 aromatic heterocycles. The topological polar surface area (TPSA) is 48.3 Å². The zero-order valence-corrected chi connectivity index (χ0v) is 14.4. The van der Waals surface area contributed by atoms with Gasteiger partial charge in [-0.3, -0.25) is 10.2 Å². The molecular weight excluding hydrogens is 250 g/mol. The van der Waals surface area contributed by atoms with Crippen LogP contribution in [0.15, 0.2) is 0 Å². The molecular formula is C16H33N3O. The predicted octanol–water partition coefficient (Wildman–Crippen LogP) is 2.79. The van der Waals surface area contributed by atoms with E-state index in [4.69, 9.17) is 4.74 Å². The summed E-state index contributed by atoms with van der Waals surface area (Å²) in [7, 11) is 1.74. The first-order valence-electron chi connectivity index (χ1n) is 7.73. The average molecular weight is 283 g/mol. The van der Waals surface area contributed by atoms with Crippen LogP contribution >= 0.6 is 0 Å². The lowest BCUT2D eigenvalue weighted by Crippen LogP contribution is -2.51. The molecule has 0 heterocycles. The monoisotopic (exact) mass is 283 g/mol. The second-order valence-corrected chi connectivity index (χ2v) is 6.28. The fourth-order valence-electron chi connectivity index (χ4n) is 2.79. The van der Waals surface area contributed by atoms with Gasteiger partial charge in [0, 0.05) is 31.8 Å². The molecule has 3 atom stereocenters. The Morgan fingerprint density at radius 3 is 2.25 bits per heavy atom. The van der Waals surface area contributed by atoms with Crippen molar-refractivity contribution in [3.8, 4) is 6.07 Å². The van der Waals surface area contributed by atoms with Gasteiger partial charge in [0.1, 0.15) is 5.54 Å². The summed E-state index contributed by atoms with van der Waals surface area (Å²) in [5.41, 5.74) is -0.480. The largest absolute Gasteiger partial charge is 0.383 e. The second kappa shape index (κ2) is 9.33. The van der Waals surface area contributed by atoms with Gasteiger partial charge in [-0.25, -0.2) is 0 Å². The molecule has 0 aromatic rings. The lowest BCUT2D eigenvalue weighted by Gasteiger charge is -2.38. The maximum Gasteiger partial charge on any atom is 0.105 e. The molecule has 118 valence electrons. The van der Waals surface area contributed by atoms with Gasteiger partial charge in [-0.05, 0) is 47.5 Å². The van der Waals surface area contributed by atoms with Gasteiger partial charge in [-0.2, -0.15) is 5.26 Å². The number of rotatable bonds is 10. The molecule has 0 aliphatic heterocycles. The Morgan fingerprint density at radius 1 is 1.25 bits per heavy atom. The van der Waals surface area contributed by atoms with E-state index in [1.165, 1.54) is 0 Å². The van der Waals surface area contributed by atoms with Crippen molar-refractivity contribution in [2.24, 2.45) is 0 Å². The van der Waals surface area contributed by atoms with Crippen LogP contribution in [0.3, 0.4) is 0 Å². The SMILES string of the molecule is CCC(C)N(CCOC)C(C)CC(C)(C#N)NC(C)C. The number of methoxy groups -OCH3 is 1. The smallest absolute Gasteiger partial charge is 0.105 e. The summed E-state index contributed by atoms with van der Waals surface area (Å²) in [4.78, 5) is 2.45. The number of ether oxygens (including phenoxy) is 1. The molecule has 0 radical (unpaired) electrons. The zero-order chi connectivity index (χ0) is 15.8. The highest BCUT2D eigenvalue weighted by atomic mass is 16.5. The van der Waals surface area contributed by atoms with E-state index in [0.717, 1.165) is 26.0 Å². The van der Waals surface area contributed by atoms with E-state index >= 15 is 0 Å². The minimum absolute atomic E-state index is 0.308. The summed E-state index contributed by atoms with van der Waals surface area (Å²) < 4.78 is 5.22. The lowest BCUT2D eigenvalue weighted by atomic mass is 9.92. The van der Waals surface area contributed by atoms with Gasteiger partial charge < -0.3 is 4.74 Å². The van der Waals surface area contributed by atoms with Crippen LogP contribution in [0.4, 0.5) is 0 Å². The number of nitrogens with one attached hydrogen (secondary N) is 1. The first kappa shape index (κ1) is 19.4. The van der Waals surface area contributed by atoms with Crippen LogP contribution in [-0.2, 0) is 4.74 Å². The Morgan fingerprint density at radius 2 is 1.85 bits per heavy atom. The Balaban J connectivity index is 4.79. The van der Waals surface area contributed by atoms with E-state index in [9.17, 15) is 5.26 Å². The van der Waals surface area contributed by atoms with E-state index < -0.39 is 5.54 Å². The molecule has 4 nitrogen and oxygen atoms in total. The standard InChI is InChI=1S/C16H33N3O/c1-8-14(4)19(9-10-20-7)15(5)11-16(6,12-17)18-13(2)3/h13-15,18H,8-11H2,1-7H3. The van der Waals surface area contributed by atoms with Gasteiger partial charge in [0.25, 0.3) is 0 Å². The van der Waals surface area contributed by atoms with Crippen molar-refractivity contribution in [3.05, 3.63) is 0 Å². The molecule has 4 heteroatoms. The van der Waals surface area contributed by atoms with Crippen LogP contribution in [0.1, 0.15) is 54.4 Å². The van der Waals surface area contributed by atoms with Gasteiger partial charge in [0.05, 0.1) is 12.7 Å². The molecule has 0 amide bonds. The van der Waals surface area contributed by atoms with E-state index in [-0.39, 0.29) is 0 Å². The third kappa shape index (κ3) is 6.69. The number of nitrogens with zero attached hydrogens (tertiary/aromatic N) is 2. The van der Waals surface area contributed by atoms with Crippen LogP contribution < -0.4 is 5.32 Å². The van der Waals surface area contributed by atoms with Crippen LogP contribution in [-0.4, -0.2) is 48.8 Å². The molecule has 3 unspecified atom stereocenters. The Bertz CT molecular complexity index is 301. The second-order valence-electron chi connectivity index (χ2n) is 6.28. The number of hydrogen-bond acceptors (Lipinski definition) is 4. The van der Waals surface area contributed by atoms with Crippen molar-refractivity contribution < 1.29 is 4.74 Å². The number of nitriles is 1. The van der Waals surface area contributed by atoms with Gasteiger partial charge in [-0.1, -0.05) is 6.92 Å². The molecule has 0 spiro atoms. The van der Waals surface area contributed by atoms with Crippen molar-refractivity contribution in [1.29, 1.82) is 5.26 Å². The summed E-state index contributed by atoms with van der Waals surface area (Å²) in [5, 5.41) is 12.9. The minimum Gasteiger partial charge on any atom is -0.383 e. The maximum absolute atomic E-state index is 9.48. The van der Waals surface area contributed by atoms with Gasteiger partial charge in [0.15, 0.2) is 0 Å². The molecule has 0 rings (SSSR count). The highest BCUT2D eigenvalue weighted by Gasteiger charge is 2.30. The van der Waals surface area contributed by atoms with Crippen molar-refractivity contribution in [2.75, 3.05) is 20.3 Å². The summed E-state index contributed by atoms with van der Waals surface area (Å²) in [6.45, 7) is 14.5. The highest BCUT2D eigenvalue weighted by molar-refractivity contribution is 5.06. The molecule has 0 aromatic carbocycles. The quantitative estimate of drug-likeness (QED) is 0.670. The Labute approximate surface area is 125 Å². The van der Waals surface area contributed by atoms with E-state index in [1.807, 2.05) is 6.92 Å². The van der Waals surface area contributed by atoms with E-state index in [0.29, 0.717) is 18.1 Å². The summed E-state index contributed by atoms with van der Waals surface area (Å²) >= 11 is 0. The highest BCUT2D eigenvalue weighted by Crippen LogP contribution is 2.19. The van der Waals surface area contributed by atoms with Crippen molar-refractivity contribution in [3.63, 3.8) is 0 Å². The molecule has 20 heavy (non-hydrogen) atoms. The van der Waals surface area contributed by atoms with Gasteiger partial charge in [0.2, 0.25) is 0 Å². The lowest BCUT2D eigenvalue weighted by molar-refractivity contribution is 0.0820. The van der Waals surface area contributed by atoms with Crippen LogP contribution in [0, 0.1) is 11.3 Å². The predicted molar refractivity (Wildman–Crippen MR) is 84.7 cm³/mol. The molecule has 0 fully saturated rings. The normalized spacial score (nSPS) is 17.8. The molecule has 0 saturated carbocycles. The third-order valence-corrected chi connectivity index (χ3v) is 3.83. The van der Waals surface area contributed by atoms with Crippen LogP contribution in [0.25, 0.3) is 0 Å². The molecule has 0 aliphatic rings. The molecule has 0 saturated heterocycles. The Hall–Kier alpha value is -0.630. The van der Waals surface area contributed by atoms with Crippen molar-refractivity contribution >= 4 is 0 Å². The Kier molecular flexibility index (Phi) is 9.04. The summed E-state index contributed by atoms with van der Waals surface area (Å²) in [6.07, 6.45) is 1.92. The fourth-order valence-corrected chi connectivity index (χ4v) is 2.79. The van der Waals surface area contributed by atoms with Gasteiger partial charge >= 0.3 is 0 Å². The molecule has 0 bridgehead atoms. The summed E-state index contributed by atoms with van der Waals surface area (Å²) in [5.74, 6) is 0. The van der Waals surface area contributed by atoms with Crippen molar-refractivity contribution in [2.45, 2.75) is 78.0 Å². The number of hydrogen-bond donors (Lipinski definition) is 1. The zero-order valence-electron chi connectivity index (χ0n) is 14.4. The molecule has 1 N–H and O–H groups in total. The van der Waals surface area contributed by atoms with Crippen LogP contribution in [0.2, 0.25) is 0 Å².